The number of nitrogens with zero attached hydrogens (tertiary/aromatic N) is 2. The van der Waals surface area contributed by atoms with E-state index in [4.69, 9.17) is 19.6 Å². The van der Waals surface area contributed by atoms with Crippen molar-refractivity contribution < 1.29 is 50.2 Å². The molecule has 0 saturated heterocycles. The molecule has 16 nitrogen and oxygen atoms in total. The third-order valence-corrected chi connectivity index (χ3v) is 5.71. The Bertz CT molecular complexity index is 1860. The Kier molecular flexibility index (Phi) is 14.3. The minimum atomic E-state index is -3.67. The highest BCUT2D eigenvalue weighted by Gasteiger charge is 2.19. The van der Waals surface area contributed by atoms with Gasteiger partial charge in [0.1, 0.15) is 13.2 Å². The maximum atomic E-state index is 12.9. The van der Waals surface area contributed by atoms with Gasteiger partial charge >= 0.3 is 5.97 Å². The second kappa shape index (κ2) is 17.6. The summed E-state index contributed by atoms with van der Waals surface area (Å²) in [7, 11) is -7.33. The normalized spacial score (nSPS) is 11.5. The quantitative estimate of drug-likeness (QED) is 0.0807. The summed E-state index contributed by atoms with van der Waals surface area (Å²) < 4.78 is 57.1. The number of benzene rings is 3. The molecule has 3 aromatic carbocycles. The van der Waals surface area contributed by atoms with Gasteiger partial charge in [0.15, 0.2) is 0 Å². The molecule has 252 valence electrons. The van der Waals surface area contributed by atoms with Gasteiger partial charge in [0.2, 0.25) is 5.91 Å². The molecule has 1 amide bonds. The Morgan fingerprint density at radius 3 is 2.15 bits per heavy atom. The summed E-state index contributed by atoms with van der Waals surface area (Å²) in [6, 6.07) is 20.8. The van der Waals surface area contributed by atoms with Crippen LogP contribution in [0.5, 0.6) is 0 Å². The van der Waals surface area contributed by atoms with E-state index in [0.29, 0.717) is 23.8 Å². The van der Waals surface area contributed by atoms with Crippen LogP contribution in [-0.2, 0) is 47.8 Å². The van der Waals surface area contributed by atoms with Crippen LogP contribution in [0.25, 0.3) is 10.8 Å². The van der Waals surface area contributed by atoms with Crippen LogP contribution in [0.15, 0.2) is 85.2 Å². The van der Waals surface area contributed by atoms with Crippen molar-refractivity contribution in [3.05, 3.63) is 118 Å². The summed E-state index contributed by atoms with van der Waals surface area (Å²) in [6.45, 7) is -0.127. The molecule has 18 heteroatoms. The van der Waals surface area contributed by atoms with E-state index in [1.54, 1.807) is 54.9 Å². The summed E-state index contributed by atoms with van der Waals surface area (Å²) in [6.07, 6.45) is 4.88. The van der Waals surface area contributed by atoms with Gasteiger partial charge < -0.3 is 20.6 Å². The molecular formula is C29H32N4O12S2. The number of ether oxygens (including phenoxy) is 1. The molecule has 4 aromatic rings. The second-order valence-electron chi connectivity index (χ2n) is 9.70. The number of fused-ring (bicyclic) bond motifs is 1. The Balaban J connectivity index is 0.000000670. The highest BCUT2D eigenvalue weighted by molar-refractivity contribution is 7.85. The fourth-order valence-electron chi connectivity index (χ4n) is 3.78. The van der Waals surface area contributed by atoms with Crippen molar-refractivity contribution in [1.29, 1.82) is 0 Å². The highest BCUT2D eigenvalue weighted by atomic mass is 32.2. The zero-order valence-corrected chi connectivity index (χ0v) is 26.7. The zero-order valence-electron chi connectivity index (χ0n) is 25.0. The number of rotatable bonds is 10. The summed E-state index contributed by atoms with van der Waals surface area (Å²) >= 11 is 0. The van der Waals surface area contributed by atoms with Gasteiger partial charge in [-0.05, 0) is 52.4 Å². The lowest BCUT2D eigenvalue weighted by molar-refractivity contribution is -0.763. The molecule has 5 N–H and O–H groups in total. The minimum absolute atomic E-state index is 0.0141. The van der Waals surface area contributed by atoms with Crippen LogP contribution in [0.4, 0.5) is 5.69 Å². The number of hydrogen-bond donors (Lipinski definition) is 4. The van der Waals surface area contributed by atoms with Crippen molar-refractivity contribution in [3.8, 4) is 0 Å². The summed E-state index contributed by atoms with van der Waals surface area (Å²) in [5, 5.41) is 14.3. The third-order valence-electron chi connectivity index (χ3n) is 5.71. The number of aromatic nitrogens is 1. The summed E-state index contributed by atoms with van der Waals surface area (Å²) in [5.74, 6) is -1.36. The predicted octanol–water partition coefficient (Wildman–Crippen LogP) is 2.99. The van der Waals surface area contributed by atoms with Gasteiger partial charge in [-0.25, -0.2) is 4.79 Å². The van der Waals surface area contributed by atoms with Crippen molar-refractivity contribution in [2.24, 2.45) is 5.73 Å². The van der Waals surface area contributed by atoms with Crippen molar-refractivity contribution in [2.45, 2.75) is 19.1 Å². The summed E-state index contributed by atoms with van der Waals surface area (Å²) in [4.78, 5) is 44.1. The van der Waals surface area contributed by atoms with Crippen molar-refractivity contribution >= 4 is 48.6 Å². The monoisotopic (exact) mass is 692 g/mol. The van der Waals surface area contributed by atoms with E-state index in [-0.39, 0.29) is 31.2 Å². The van der Waals surface area contributed by atoms with Crippen LogP contribution in [0.1, 0.15) is 33.0 Å². The fraction of sp³-hybridized carbons (Fsp3) is 0.207. The van der Waals surface area contributed by atoms with Crippen molar-refractivity contribution in [2.75, 3.05) is 24.4 Å². The largest absolute Gasteiger partial charge is 0.457 e. The molecule has 0 bridgehead atoms. The van der Waals surface area contributed by atoms with Gasteiger partial charge in [-0.3, -0.25) is 18.9 Å². The maximum absolute atomic E-state index is 12.9. The van der Waals surface area contributed by atoms with Gasteiger partial charge in [-0.2, -0.15) is 16.8 Å². The van der Waals surface area contributed by atoms with Crippen LogP contribution in [0.3, 0.4) is 0 Å². The topological polar surface area (TPSA) is 255 Å². The standard InChI is InChI=1S/C27H24N4O6.2CH4O3S/c28-14-25(26(32)30-24-9-8-23-15-29-11-10-21(23)13-24)20-6-4-18(5-7-20)16-36-27(33)22-3-1-2-19(12-22)17-37-31(34)35;2*1-5(2,3)4/h1-13,15,25H,14,16-17,28H2,(H,30,32);2*1H3,(H,2,3,4)/t25-;;/m0../s1. The molecule has 0 unspecified atom stereocenters. The van der Waals surface area contributed by atoms with Crippen LogP contribution in [0.2, 0.25) is 0 Å². The number of carbonyl (C=O) groups is 2. The zero-order chi connectivity index (χ0) is 35.2. The van der Waals surface area contributed by atoms with Crippen LogP contribution in [-0.4, -0.2) is 66.9 Å². The molecule has 0 aliphatic heterocycles. The van der Waals surface area contributed by atoms with Gasteiger partial charge in [-0.15, -0.1) is 10.1 Å². The lowest BCUT2D eigenvalue weighted by atomic mass is 9.97. The lowest BCUT2D eigenvalue weighted by Crippen LogP contribution is -2.27. The van der Waals surface area contributed by atoms with E-state index < -0.39 is 37.2 Å². The first kappa shape index (κ1) is 38.2. The molecule has 0 aliphatic rings. The summed E-state index contributed by atoms with van der Waals surface area (Å²) in [5.41, 5.74) is 8.77. The van der Waals surface area contributed by atoms with Crippen LogP contribution in [0, 0.1) is 10.1 Å². The highest BCUT2D eigenvalue weighted by Crippen LogP contribution is 2.22. The average Bonchev–Trinajstić information content (AvgIpc) is 2.98. The van der Waals surface area contributed by atoms with Crippen LogP contribution >= 0.6 is 0 Å². The lowest BCUT2D eigenvalue weighted by Gasteiger charge is -2.16. The Morgan fingerprint density at radius 2 is 1.55 bits per heavy atom. The first-order valence-electron chi connectivity index (χ1n) is 13.2. The van der Waals surface area contributed by atoms with Crippen molar-refractivity contribution in [1.82, 2.24) is 4.98 Å². The molecule has 0 saturated carbocycles. The molecule has 1 atom stereocenters. The molecule has 1 heterocycles. The average molecular weight is 693 g/mol. The molecule has 1 aromatic heterocycles. The van der Waals surface area contributed by atoms with Crippen molar-refractivity contribution in [3.63, 3.8) is 0 Å². The Morgan fingerprint density at radius 1 is 0.915 bits per heavy atom. The van der Waals surface area contributed by atoms with E-state index in [0.717, 1.165) is 21.9 Å². The third kappa shape index (κ3) is 15.7. The number of anilines is 1. The Labute approximate surface area is 270 Å². The molecule has 0 spiro atoms. The first-order valence-corrected chi connectivity index (χ1v) is 16.9. The molecule has 0 aliphatic carbocycles. The Hall–Kier alpha value is -5.01. The predicted molar refractivity (Wildman–Crippen MR) is 171 cm³/mol. The number of carbonyl (C=O) groups excluding carboxylic acids is 2. The minimum Gasteiger partial charge on any atom is -0.457 e. The van der Waals surface area contributed by atoms with E-state index in [9.17, 15) is 36.5 Å². The molecular weight excluding hydrogens is 660 g/mol. The maximum Gasteiger partial charge on any atom is 0.338 e. The smallest absolute Gasteiger partial charge is 0.338 e. The van der Waals surface area contributed by atoms with E-state index in [1.807, 2.05) is 24.3 Å². The number of nitrogens with two attached hydrogens (primary N) is 1. The van der Waals surface area contributed by atoms with E-state index >= 15 is 0 Å². The number of pyridine rings is 1. The number of nitrogens with one attached hydrogen (secondary N) is 1. The van der Waals surface area contributed by atoms with Crippen LogP contribution < -0.4 is 11.1 Å². The molecule has 0 radical (unpaired) electrons. The molecule has 4 rings (SSSR count). The number of hydrogen-bond acceptors (Lipinski definition) is 12. The molecule has 0 fully saturated rings. The number of amides is 1. The van der Waals surface area contributed by atoms with Gasteiger partial charge in [0.05, 0.1) is 24.0 Å². The van der Waals surface area contributed by atoms with Gasteiger partial charge in [0.25, 0.3) is 25.3 Å². The SMILES string of the molecule is CS(=O)(=O)O.CS(=O)(=O)O.NC[C@H](C(=O)Nc1ccc2cnccc2c1)c1ccc(COC(=O)c2cccc(CO[N+](=O)[O-])c2)cc1. The van der Waals surface area contributed by atoms with Gasteiger partial charge in [-0.1, -0.05) is 42.5 Å². The van der Waals surface area contributed by atoms with E-state index in [2.05, 4.69) is 15.1 Å². The second-order valence-corrected chi connectivity index (χ2v) is 12.6. The fourth-order valence-corrected chi connectivity index (χ4v) is 3.78. The number of esters is 1. The van der Waals surface area contributed by atoms with Gasteiger partial charge in [0, 0.05) is 30.0 Å². The molecule has 47 heavy (non-hydrogen) atoms. The van der Waals surface area contributed by atoms with E-state index in [1.165, 1.54) is 6.07 Å². The first-order chi connectivity index (χ1) is 21.9.